The van der Waals surface area contributed by atoms with Crippen molar-refractivity contribution in [3.05, 3.63) is 0 Å². The maximum atomic E-state index is 5.50. The van der Waals surface area contributed by atoms with E-state index in [0.29, 0.717) is 23.8 Å². The van der Waals surface area contributed by atoms with Crippen LogP contribution in [0.4, 0.5) is 17.8 Å². The van der Waals surface area contributed by atoms with E-state index in [2.05, 4.69) is 32.5 Å². The van der Waals surface area contributed by atoms with Gasteiger partial charge in [-0.3, -0.25) is 0 Å². The van der Waals surface area contributed by atoms with Gasteiger partial charge >= 0.3 is 0 Å². The van der Waals surface area contributed by atoms with Gasteiger partial charge in [-0.1, -0.05) is 6.92 Å². The van der Waals surface area contributed by atoms with E-state index in [4.69, 9.17) is 4.74 Å². The second-order valence-electron chi connectivity index (χ2n) is 5.57. The topological polar surface area (TPSA) is 75.2 Å². The molecule has 7 heteroatoms. The van der Waals surface area contributed by atoms with Crippen molar-refractivity contribution in [1.82, 2.24) is 15.0 Å². The molecule has 1 fully saturated rings. The van der Waals surface area contributed by atoms with Crippen molar-refractivity contribution >= 4 is 17.8 Å². The fourth-order valence-corrected chi connectivity index (χ4v) is 2.16. The Hall–Kier alpha value is -1.63. The summed E-state index contributed by atoms with van der Waals surface area (Å²) in [6.07, 6.45) is 3.36. The van der Waals surface area contributed by atoms with Crippen LogP contribution in [0.1, 0.15) is 26.2 Å². The molecular weight excluding hydrogens is 268 g/mol. The van der Waals surface area contributed by atoms with Crippen LogP contribution < -0.4 is 15.5 Å². The molecule has 1 saturated heterocycles. The average Bonchev–Trinajstić information content (AvgIpc) is 2.51. The Kier molecular flexibility index (Phi) is 5.98. The molecule has 0 radical (unpaired) electrons. The number of nitrogens with one attached hydrogen (secondary N) is 2. The summed E-state index contributed by atoms with van der Waals surface area (Å²) in [6, 6.07) is 0. The van der Waals surface area contributed by atoms with E-state index in [1.807, 2.05) is 19.0 Å². The lowest BCUT2D eigenvalue weighted by atomic mass is 10.0. The number of hydrogen-bond donors (Lipinski definition) is 2. The third kappa shape index (κ3) is 5.00. The Bertz CT molecular complexity index is 433. The molecule has 1 aliphatic heterocycles. The van der Waals surface area contributed by atoms with E-state index < -0.39 is 0 Å². The first kappa shape index (κ1) is 15.8. The van der Waals surface area contributed by atoms with Crippen molar-refractivity contribution in [3.8, 4) is 0 Å². The minimum atomic E-state index is 0.533. The first-order valence-corrected chi connectivity index (χ1v) is 7.68. The SMILES string of the molecule is CCCNc1nc(NCC2CCCOC2)nc(N(C)C)n1. The Balaban J connectivity index is 2.00. The molecule has 2 N–H and O–H groups in total. The molecule has 2 heterocycles. The molecule has 0 amide bonds. The highest BCUT2D eigenvalue weighted by molar-refractivity contribution is 5.42. The van der Waals surface area contributed by atoms with E-state index in [1.54, 1.807) is 0 Å². The number of rotatable bonds is 7. The Labute approximate surface area is 126 Å². The zero-order valence-corrected chi connectivity index (χ0v) is 13.2. The number of aromatic nitrogens is 3. The molecular formula is C14H26N6O. The first-order valence-electron chi connectivity index (χ1n) is 7.68. The molecule has 0 aliphatic carbocycles. The molecule has 1 aliphatic rings. The van der Waals surface area contributed by atoms with Crippen molar-refractivity contribution in [2.45, 2.75) is 26.2 Å². The second-order valence-corrected chi connectivity index (χ2v) is 5.57. The molecule has 0 spiro atoms. The molecule has 21 heavy (non-hydrogen) atoms. The molecule has 0 saturated carbocycles. The van der Waals surface area contributed by atoms with Gasteiger partial charge in [0.05, 0.1) is 6.61 Å². The van der Waals surface area contributed by atoms with Crippen molar-refractivity contribution in [2.24, 2.45) is 5.92 Å². The van der Waals surface area contributed by atoms with Gasteiger partial charge in [-0.15, -0.1) is 0 Å². The van der Waals surface area contributed by atoms with Crippen LogP contribution in [0, 0.1) is 5.92 Å². The smallest absolute Gasteiger partial charge is 0.231 e. The molecule has 0 bridgehead atoms. The third-order valence-electron chi connectivity index (χ3n) is 3.36. The lowest BCUT2D eigenvalue weighted by Crippen LogP contribution is -2.25. The summed E-state index contributed by atoms with van der Waals surface area (Å²) in [5.74, 6) is 2.44. The highest BCUT2D eigenvalue weighted by Crippen LogP contribution is 2.16. The highest BCUT2D eigenvalue weighted by atomic mass is 16.5. The van der Waals surface area contributed by atoms with Gasteiger partial charge in [0.1, 0.15) is 0 Å². The van der Waals surface area contributed by atoms with Crippen LogP contribution >= 0.6 is 0 Å². The second kappa shape index (κ2) is 7.97. The monoisotopic (exact) mass is 294 g/mol. The zero-order chi connectivity index (χ0) is 15.1. The number of ether oxygens (including phenoxy) is 1. The summed E-state index contributed by atoms with van der Waals surface area (Å²) in [4.78, 5) is 15.1. The number of hydrogen-bond acceptors (Lipinski definition) is 7. The minimum absolute atomic E-state index is 0.533. The van der Waals surface area contributed by atoms with Gasteiger partial charge in [0.25, 0.3) is 0 Å². The fourth-order valence-electron chi connectivity index (χ4n) is 2.16. The van der Waals surface area contributed by atoms with Crippen molar-refractivity contribution in [3.63, 3.8) is 0 Å². The van der Waals surface area contributed by atoms with Gasteiger partial charge < -0.3 is 20.3 Å². The molecule has 0 aromatic carbocycles. The third-order valence-corrected chi connectivity index (χ3v) is 3.36. The van der Waals surface area contributed by atoms with E-state index in [9.17, 15) is 0 Å². The van der Waals surface area contributed by atoms with Crippen molar-refractivity contribution in [2.75, 3.05) is 55.9 Å². The van der Waals surface area contributed by atoms with Gasteiger partial charge in [0, 0.05) is 33.8 Å². The standard InChI is InChI=1S/C14H26N6O/c1-4-7-15-12-17-13(19-14(18-12)20(2)3)16-9-11-6-5-8-21-10-11/h11H,4-10H2,1-3H3,(H2,15,16,17,18,19). The van der Waals surface area contributed by atoms with E-state index in [1.165, 1.54) is 6.42 Å². The molecule has 1 unspecified atom stereocenters. The quantitative estimate of drug-likeness (QED) is 0.791. The average molecular weight is 294 g/mol. The maximum Gasteiger partial charge on any atom is 0.231 e. The zero-order valence-electron chi connectivity index (χ0n) is 13.2. The first-order chi connectivity index (χ1) is 10.2. The summed E-state index contributed by atoms with van der Waals surface area (Å²) < 4.78 is 5.50. The van der Waals surface area contributed by atoms with Gasteiger partial charge in [-0.25, -0.2) is 0 Å². The number of anilines is 3. The van der Waals surface area contributed by atoms with Crippen LogP contribution in [0.2, 0.25) is 0 Å². The Morgan fingerprint density at radius 2 is 1.95 bits per heavy atom. The summed E-state index contributed by atoms with van der Waals surface area (Å²) >= 11 is 0. The Morgan fingerprint density at radius 1 is 1.19 bits per heavy atom. The molecule has 118 valence electrons. The molecule has 7 nitrogen and oxygen atoms in total. The fraction of sp³-hybridized carbons (Fsp3) is 0.786. The van der Waals surface area contributed by atoms with Gasteiger partial charge in [-0.05, 0) is 25.2 Å². The van der Waals surface area contributed by atoms with Crippen LogP contribution in [0.25, 0.3) is 0 Å². The van der Waals surface area contributed by atoms with Crippen LogP contribution in [-0.4, -0.2) is 55.4 Å². The van der Waals surface area contributed by atoms with Gasteiger partial charge in [-0.2, -0.15) is 15.0 Å². The summed E-state index contributed by atoms with van der Waals surface area (Å²) in [5, 5.41) is 6.53. The van der Waals surface area contributed by atoms with Crippen molar-refractivity contribution < 1.29 is 4.74 Å². The van der Waals surface area contributed by atoms with E-state index >= 15 is 0 Å². The molecule has 2 rings (SSSR count). The molecule has 1 aromatic rings. The lowest BCUT2D eigenvalue weighted by molar-refractivity contribution is 0.0594. The summed E-state index contributed by atoms with van der Waals surface area (Å²) in [7, 11) is 3.86. The van der Waals surface area contributed by atoms with Crippen LogP contribution in [0.5, 0.6) is 0 Å². The van der Waals surface area contributed by atoms with Gasteiger partial charge in [0.2, 0.25) is 17.8 Å². The molecule has 1 aromatic heterocycles. The summed E-state index contributed by atoms with van der Waals surface area (Å²) in [5.41, 5.74) is 0. The lowest BCUT2D eigenvalue weighted by Gasteiger charge is -2.22. The predicted octanol–water partition coefficient (Wildman–Crippen LogP) is 1.60. The van der Waals surface area contributed by atoms with Crippen molar-refractivity contribution in [1.29, 1.82) is 0 Å². The highest BCUT2D eigenvalue weighted by Gasteiger charge is 2.15. The predicted molar refractivity (Wildman–Crippen MR) is 85.0 cm³/mol. The number of nitrogens with zero attached hydrogens (tertiary/aromatic N) is 4. The van der Waals surface area contributed by atoms with E-state index in [-0.39, 0.29) is 0 Å². The largest absolute Gasteiger partial charge is 0.381 e. The van der Waals surface area contributed by atoms with Gasteiger partial charge in [0.15, 0.2) is 0 Å². The Morgan fingerprint density at radius 3 is 2.57 bits per heavy atom. The van der Waals surface area contributed by atoms with Crippen LogP contribution in [-0.2, 0) is 4.74 Å². The molecule has 1 atom stereocenters. The minimum Gasteiger partial charge on any atom is -0.381 e. The summed E-state index contributed by atoms with van der Waals surface area (Å²) in [6.45, 7) is 5.51. The van der Waals surface area contributed by atoms with E-state index in [0.717, 1.165) is 39.1 Å². The van der Waals surface area contributed by atoms with Crippen LogP contribution in [0.3, 0.4) is 0 Å². The maximum absolute atomic E-state index is 5.50. The van der Waals surface area contributed by atoms with Crippen LogP contribution in [0.15, 0.2) is 0 Å². The normalized spacial score (nSPS) is 18.3.